The number of carbonyl (C=O) groups excluding carboxylic acids is 1. The Kier molecular flexibility index (Phi) is 6.10. The van der Waals surface area contributed by atoms with E-state index in [0.717, 1.165) is 31.1 Å². The number of urea groups is 1. The molecule has 0 radical (unpaired) electrons. The van der Waals surface area contributed by atoms with Crippen LogP contribution in [0.3, 0.4) is 0 Å². The molecule has 144 valence electrons. The third kappa shape index (κ3) is 4.69. The molecule has 0 spiro atoms. The Morgan fingerprint density at radius 1 is 1.35 bits per heavy atom. The predicted octanol–water partition coefficient (Wildman–Crippen LogP) is 1.96. The lowest BCUT2D eigenvalue weighted by atomic mass is 10.00. The lowest BCUT2D eigenvalue weighted by Gasteiger charge is -2.29. The highest BCUT2D eigenvalue weighted by molar-refractivity contribution is 7.92. The summed E-state index contributed by atoms with van der Waals surface area (Å²) >= 11 is 6.23. The number of carbonyl (C=O) groups is 1. The molecule has 2 N–H and O–H groups in total. The molecule has 2 heterocycles. The third-order valence-corrected chi connectivity index (χ3v) is 7.99. The predicted molar refractivity (Wildman–Crippen MR) is 103 cm³/mol. The van der Waals surface area contributed by atoms with E-state index in [0.29, 0.717) is 19.4 Å². The first-order chi connectivity index (χ1) is 12.3. The minimum atomic E-state index is -3.09. The lowest BCUT2D eigenvalue weighted by Crippen LogP contribution is -2.50. The van der Waals surface area contributed by atoms with Crippen molar-refractivity contribution in [1.82, 2.24) is 15.5 Å². The fourth-order valence-corrected chi connectivity index (χ4v) is 5.56. The van der Waals surface area contributed by atoms with Gasteiger partial charge in [-0.05, 0) is 43.4 Å². The Labute approximate surface area is 160 Å². The summed E-state index contributed by atoms with van der Waals surface area (Å²) in [5.41, 5.74) is 2.47. The Morgan fingerprint density at radius 2 is 2.15 bits per heavy atom. The number of fused-ring (bicyclic) bond motifs is 1. The summed E-state index contributed by atoms with van der Waals surface area (Å²) < 4.78 is 23.9. The van der Waals surface area contributed by atoms with Gasteiger partial charge in [-0.2, -0.15) is 0 Å². The Morgan fingerprint density at radius 3 is 2.92 bits per heavy atom. The molecule has 1 saturated heterocycles. The van der Waals surface area contributed by atoms with Crippen LogP contribution in [0, 0.1) is 0 Å². The number of rotatable bonds is 4. The van der Waals surface area contributed by atoms with Crippen LogP contribution in [0.2, 0.25) is 5.02 Å². The van der Waals surface area contributed by atoms with Crippen LogP contribution in [0.1, 0.15) is 30.9 Å². The molecule has 0 aliphatic carbocycles. The lowest BCUT2D eigenvalue weighted by molar-refractivity contribution is 0.227. The van der Waals surface area contributed by atoms with E-state index >= 15 is 0 Å². The molecule has 3 rings (SSSR count). The van der Waals surface area contributed by atoms with Crippen LogP contribution in [0.25, 0.3) is 0 Å². The van der Waals surface area contributed by atoms with E-state index in [2.05, 4.69) is 21.6 Å². The van der Waals surface area contributed by atoms with Gasteiger partial charge >= 0.3 is 6.03 Å². The number of halogens is 1. The van der Waals surface area contributed by atoms with Gasteiger partial charge in [0.25, 0.3) is 0 Å². The SMILES string of the molecule is CC1CCC(NC(=O)NCCN2CCc3c(Cl)cccc3C2)CS1(=O)=O. The minimum Gasteiger partial charge on any atom is -0.337 e. The molecule has 26 heavy (non-hydrogen) atoms. The zero-order chi connectivity index (χ0) is 18.7. The van der Waals surface area contributed by atoms with Gasteiger partial charge < -0.3 is 10.6 Å². The number of benzene rings is 1. The van der Waals surface area contributed by atoms with E-state index in [-0.39, 0.29) is 23.1 Å². The molecule has 0 saturated carbocycles. The van der Waals surface area contributed by atoms with Gasteiger partial charge in [-0.25, -0.2) is 13.2 Å². The standard InChI is InChI=1S/C18H26ClN3O3S/c1-13-5-6-15(12-26(13,24)25)21-18(23)20-8-10-22-9-7-16-14(11-22)3-2-4-17(16)19/h2-4,13,15H,5-12H2,1H3,(H2,20,21,23). The fraction of sp³-hybridized carbons (Fsp3) is 0.611. The molecule has 8 heteroatoms. The Balaban J connectivity index is 1.41. The molecule has 1 fully saturated rings. The van der Waals surface area contributed by atoms with Crippen LogP contribution in [0.5, 0.6) is 0 Å². The van der Waals surface area contributed by atoms with Crippen molar-refractivity contribution in [2.75, 3.05) is 25.4 Å². The Hall–Kier alpha value is -1.31. The number of amides is 2. The normalized spacial score (nSPS) is 25.3. The summed E-state index contributed by atoms with van der Waals surface area (Å²) in [5, 5.41) is 6.15. The maximum atomic E-state index is 12.0. The highest BCUT2D eigenvalue weighted by Gasteiger charge is 2.31. The maximum absolute atomic E-state index is 12.0. The minimum absolute atomic E-state index is 0.0330. The van der Waals surface area contributed by atoms with E-state index in [4.69, 9.17) is 11.6 Å². The summed E-state index contributed by atoms with van der Waals surface area (Å²) in [5.74, 6) is 0.0330. The smallest absolute Gasteiger partial charge is 0.315 e. The van der Waals surface area contributed by atoms with Crippen molar-refractivity contribution in [2.45, 2.75) is 44.0 Å². The van der Waals surface area contributed by atoms with Crippen molar-refractivity contribution in [3.05, 3.63) is 34.3 Å². The highest BCUT2D eigenvalue weighted by atomic mass is 35.5. The first kappa shape index (κ1) is 19.5. The van der Waals surface area contributed by atoms with Gasteiger partial charge in [0, 0.05) is 37.2 Å². The molecule has 0 bridgehead atoms. The quantitative estimate of drug-likeness (QED) is 0.811. The highest BCUT2D eigenvalue weighted by Crippen LogP contribution is 2.25. The van der Waals surface area contributed by atoms with Crippen molar-refractivity contribution >= 4 is 27.5 Å². The van der Waals surface area contributed by atoms with E-state index in [1.807, 2.05) is 12.1 Å². The summed E-state index contributed by atoms with van der Waals surface area (Å²) in [7, 11) is -3.09. The molecule has 0 aromatic heterocycles. The van der Waals surface area contributed by atoms with Gasteiger partial charge in [0.2, 0.25) is 0 Å². The average Bonchev–Trinajstić information content (AvgIpc) is 2.58. The van der Waals surface area contributed by atoms with Gasteiger partial charge in [-0.1, -0.05) is 23.7 Å². The maximum Gasteiger partial charge on any atom is 0.315 e. The van der Waals surface area contributed by atoms with Crippen molar-refractivity contribution in [1.29, 1.82) is 0 Å². The van der Waals surface area contributed by atoms with Crippen molar-refractivity contribution < 1.29 is 13.2 Å². The molecule has 1 aromatic rings. The summed E-state index contributed by atoms with van der Waals surface area (Å²) in [4.78, 5) is 14.3. The number of nitrogens with one attached hydrogen (secondary N) is 2. The number of sulfone groups is 1. The van der Waals surface area contributed by atoms with E-state index < -0.39 is 9.84 Å². The van der Waals surface area contributed by atoms with Crippen LogP contribution in [-0.4, -0.2) is 56.0 Å². The van der Waals surface area contributed by atoms with Crippen LogP contribution in [-0.2, 0) is 22.8 Å². The van der Waals surface area contributed by atoms with Gasteiger partial charge in [0.15, 0.2) is 9.84 Å². The van der Waals surface area contributed by atoms with Gasteiger partial charge in [-0.15, -0.1) is 0 Å². The first-order valence-corrected chi connectivity index (χ1v) is 11.2. The second kappa shape index (κ2) is 8.15. The van der Waals surface area contributed by atoms with Gasteiger partial charge in [0.1, 0.15) is 0 Å². The van der Waals surface area contributed by atoms with Gasteiger partial charge in [0.05, 0.1) is 11.0 Å². The number of hydrogen-bond donors (Lipinski definition) is 2. The largest absolute Gasteiger partial charge is 0.337 e. The molecule has 6 nitrogen and oxygen atoms in total. The zero-order valence-electron chi connectivity index (χ0n) is 15.0. The van der Waals surface area contributed by atoms with Crippen LogP contribution in [0.4, 0.5) is 4.79 Å². The zero-order valence-corrected chi connectivity index (χ0v) is 16.6. The molecule has 2 unspecified atom stereocenters. The molecule has 2 atom stereocenters. The summed E-state index contributed by atoms with van der Waals surface area (Å²) in [6.45, 7) is 4.75. The van der Waals surface area contributed by atoms with E-state index in [1.54, 1.807) is 6.92 Å². The molecular formula is C18H26ClN3O3S. The molecule has 1 aromatic carbocycles. The second-order valence-electron chi connectivity index (χ2n) is 7.22. The van der Waals surface area contributed by atoms with Crippen molar-refractivity contribution in [3.63, 3.8) is 0 Å². The topological polar surface area (TPSA) is 78.5 Å². The molecule has 2 aliphatic heterocycles. The summed E-state index contributed by atoms with van der Waals surface area (Å²) in [6, 6.07) is 5.40. The van der Waals surface area contributed by atoms with Crippen molar-refractivity contribution in [3.8, 4) is 0 Å². The van der Waals surface area contributed by atoms with Crippen LogP contribution in [0.15, 0.2) is 18.2 Å². The second-order valence-corrected chi connectivity index (χ2v) is 10.1. The fourth-order valence-electron chi connectivity index (χ4n) is 3.63. The van der Waals surface area contributed by atoms with E-state index in [9.17, 15) is 13.2 Å². The third-order valence-electron chi connectivity index (χ3n) is 5.30. The van der Waals surface area contributed by atoms with Crippen molar-refractivity contribution in [2.24, 2.45) is 0 Å². The summed E-state index contributed by atoms with van der Waals surface area (Å²) in [6.07, 6.45) is 2.22. The van der Waals surface area contributed by atoms with Crippen LogP contribution >= 0.6 is 11.6 Å². The number of hydrogen-bond acceptors (Lipinski definition) is 4. The first-order valence-electron chi connectivity index (χ1n) is 9.09. The monoisotopic (exact) mass is 399 g/mol. The van der Waals surface area contributed by atoms with E-state index in [1.165, 1.54) is 11.1 Å². The molecular weight excluding hydrogens is 374 g/mol. The number of nitrogens with zero attached hydrogens (tertiary/aromatic N) is 1. The molecule has 2 aliphatic rings. The van der Waals surface area contributed by atoms with Crippen LogP contribution < -0.4 is 10.6 Å². The molecule has 2 amide bonds. The average molecular weight is 400 g/mol. The van der Waals surface area contributed by atoms with Gasteiger partial charge in [-0.3, -0.25) is 4.90 Å². The Bertz CT molecular complexity index is 769.